The number of carbonyl (C=O) groups excluding carboxylic acids is 2. The molecule has 2 aromatic heterocycles. The van der Waals surface area contributed by atoms with Gasteiger partial charge in [0.1, 0.15) is 0 Å². The van der Waals surface area contributed by atoms with Gasteiger partial charge in [0.05, 0.1) is 5.56 Å². The van der Waals surface area contributed by atoms with Crippen molar-refractivity contribution in [3.05, 3.63) is 36.4 Å². The van der Waals surface area contributed by atoms with Crippen LogP contribution in [0.15, 0.2) is 30.9 Å². The van der Waals surface area contributed by atoms with E-state index in [0.29, 0.717) is 11.5 Å². The van der Waals surface area contributed by atoms with Crippen molar-refractivity contribution in [3.8, 4) is 0 Å². The summed E-state index contributed by atoms with van der Waals surface area (Å²) in [6.07, 6.45) is 15.3. The van der Waals surface area contributed by atoms with Crippen LogP contribution in [0.4, 0.5) is 0 Å². The highest BCUT2D eigenvalue weighted by Crippen LogP contribution is 2.40. The Labute approximate surface area is 195 Å². The molecule has 2 aromatic rings. The van der Waals surface area contributed by atoms with E-state index in [9.17, 15) is 14.7 Å². The molecule has 176 valence electrons. The zero-order chi connectivity index (χ0) is 22.8. The summed E-state index contributed by atoms with van der Waals surface area (Å²) in [6, 6.07) is 1.89. The monoisotopic (exact) mass is 450 g/mol. The standard InChI is InChI=1S/C26H34N4O3/c31-18-19-3-5-20(6-4-19)24(32)29-12-1-8-26(10-14-29)9-2-13-30(26)25(33)23-17-28-16-21-15-27-11-7-22(21)23/h7,11,15-17,19-20,31H,1-6,8-10,12-14,18H2. The van der Waals surface area contributed by atoms with Gasteiger partial charge in [0.15, 0.2) is 0 Å². The average molecular weight is 451 g/mol. The third-order valence-electron chi connectivity index (χ3n) is 8.31. The van der Waals surface area contributed by atoms with Gasteiger partial charge in [-0.05, 0) is 69.8 Å². The van der Waals surface area contributed by atoms with Gasteiger partial charge in [-0.2, -0.15) is 0 Å². The molecule has 1 spiro atoms. The van der Waals surface area contributed by atoms with Crippen molar-refractivity contribution in [3.63, 3.8) is 0 Å². The summed E-state index contributed by atoms with van der Waals surface area (Å²) < 4.78 is 0. The molecule has 2 saturated heterocycles. The quantitative estimate of drug-likeness (QED) is 0.774. The molecule has 2 amide bonds. The van der Waals surface area contributed by atoms with Crippen molar-refractivity contribution in [2.45, 2.75) is 63.3 Å². The number of pyridine rings is 2. The van der Waals surface area contributed by atoms with Gasteiger partial charge in [0.25, 0.3) is 5.91 Å². The molecule has 4 heterocycles. The second kappa shape index (κ2) is 9.37. The normalized spacial score (nSPS) is 28.3. The molecule has 3 aliphatic rings. The molecule has 33 heavy (non-hydrogen) atoms. The van der Waals surface area contributed by atoms with E-state index in [1.54, 1.807) is 24.8 Å². The Kier molecular flexibility index (Phi) is 6.32. The maximum absolute atomic E-state index is 13.7. The number of aliphatic hydroxyl groups is 1. The lowest BCUT2D eigenvalue weighted by atomic mass is 9.81. The number of amides is 2. The number of hydrogen-bond donors (Lipinski definition) is 1. The van der Waals surface area contributed by atoms with Gasteiger partial charge in [-0.15, -0.1) is 0 Å². The van der Waals surface area contributed by atoms with E-state index in [1.807, 2.05) is 6.07 Å². The largest absolute Gasteiger partial charge is 0.396 e. The predicted molar refractivity (Wildman–Crippen MR) is 126 cm³/mol. The predicted octanol–water partition coefficient (Wildman–Crippen LogP) is 3.42. The molecular formula is C26H34N4O3. The third kappa shape index (κ3) is 4.23. The molecule has 0 aromatic carbocycles. The van der Waals surface area contributed by atoms with Crippen LogP contribution in [0.2, 0.25) is 0 Å². The van der Waals surface area contributed by atoms with E-state index in [4.69, 9.17) is 0 Å². The number of likely N-dealkylation sites (tertiary alicyclic amines) is 2. The fourth-order valence-electron chi connectivity index (χ4n) is 6.36. The minimum atomic E-state index is -0.171. The molecule has 1 saturated carbocycles. The highest BCUT2D eigenvalue weighted by Gasteiger charge is 2.45. The minimum Gasteiger partial charge on any atom is -0.396 e. The lowest BCUT2D eigenvalue weighted by Gasteiger charge is -2.38. The van der Waals surface area contributed by atoms with Crippen LogP contribution in [0.5, 0.6) is 0 Å². The van der Waals surface area contributed by atoms with Crippen molar-refractivity contribution in [1.29, 1.82) is 0 Å². The van der Waals surface area contributed by atoms with E-state index < -0.39 is 0 Å². The summed E-state index contributed by atoms with van der Waals surface area (Å²) in [7, 11) is 0. The molecule has 2 aliphatic heterocycles. The van der Waals surface area contributed by atoms with Crippen LogP contribution >= 0.6 is 0 Å². The number of aliphatic hydroxyl groups excluding tert-OH is 1. The SMILES string of the molecule is O=C(C1CCC(CO)CC1)N1CCCC2(CCCN2C(=O)c2cncc3cnccc23)CC1. The Morgan fingerprint density at radius 3 is 2.52 bits per heavy atom. The first-order valence-electron chi connectivity index (χ1n) is 12.5. The summed E-state index contributed by atoms with van der Waals surface area (Å²) in [5, 5.41) is 11.2. The molecule has 1 N–H and O–H groups in total. The lowest BCUT2D eigenvalue weighted by Crippen LogP contribution is -2.48. The van der Waals surface area contributed by atoms with E-state index in [2.05, 4.69) is 19.8 Å². The van der Waals surface area contributed by atoms with Crippen LogP contribution in [0.25, 0.3) is 10.8 Å². The van der Waals surface area contributed by atoms with E-state index in [1.165, 1.54) is 0 Å². The highest BCUT2D eigenvalue weighted by atomic mass is 16.3. The van der Waals surface area contributed by atoms with Crippen molar-refractivity contribution in [2.24, 2.45) is 11.8 Å². The number of rotatable bonds is 3. The summed E-state index contributed by atoms with van der Waals surface area (Å²) in [5.74, 6) is 0.793. The zero-order valence-electron chi connectivity index (χ0n) is 19.3. The maximum atomic E-state index is 13.7. The summed E-state index contributed by atoms with van der Waals surface area (Å²) in [6.45, 7) is 2.50. The van der Waals surface area contributed by atoms with Crippen LogP contribution < -0.4 is 0 Å². The third-order valence-corrected chi connectivity index (χ3v) is 8.31. The van der Waals surface area contributed by atoms with Crippen LogP contribution in [0.1, 0.15) is 68.1 Å². The van der Waals surface area contributed by atoms with Gasteiger partial charge in [-0.3, -0.25) is 19.6 Å². The summed E-state index contributed by atoms with van der Waals surface area (Å²) in [5.41, 5.74) is 0.476. The number of fused-ring (bicyclic) bond motifs is 1. The Bertz CT molecular complexity index is 1010. The van der Waals surface area contributed by atoms with Crippen LogP contribution in [-0.4, -0.2) is 68.5 Å². The molecule has 0 bridgehead atoms. The second-order valence-corrected chi connectivity index (χ2v) is 10.1. The van der Waals surface area contributed by atoms with Crippen molar-refractivity contribution in [1.82, 2.24) is 19.8 Å². The fourth-order valence-corrected chi connectivity index (χ4v) is 6.36. The number of hydrogen-bond acceptors (Lipinski definition) is 5. The Hall–Kier alpha value is -2.54. The molecular weight excluding hydrogens is 416 g/mol. The van der Waals surface area contributed by atoms with Gasteiger partial charge in [0, 0.05) is 73.3 Å². The molecule has 1 aliphatic carbocycles. The zero-order valence-corrected chi connectivity index (χ0v) is 19.3. The first-order chi connectivity index (χ1) is 16.1. The fraction of sp³-hybridized carbons (Fsp3) is 0.615. The number of nitrogens with zero attached hydrogens (tertiary/aromatic N) is 4. The number of aromatic nitrogens is 2. The van der Waals surface area contributed by atoms with Crippen LogP contribution in [0.3, 0.4) is 0 Å². The van der Waals surface area contributed by atoms with Crippen molar-refractivity contribution < 1.29 is 14.7 Å². The van der Waals surface area contributed by atoms with E-state index >= 15 is 0 Å². The molecule has 7 heteroatoms. The lowest BCUT2D eigenvalue weighted by molar-refractivity contribution is -0.137. The maximum Gasteiger partial charge on any atom is 0.256 e. The van der Waals surface area contributed by atoms with Gasteiger partial charge < -0.3 is 14.9 Å². The average Bonchev–Trinajstić information content (AvgIpc) is 3.16. The Morgan fingerprint density at radius 2 is 1.73 bits per heavy atom. The molecule has 0 radical (unpaired) electrons. The Balaban J connectivity index is 1.31. The number of carbonyl (C=O) groups is 2. The molecule has 3 fully saturated rings. The van der Waals surface area contributed by atoms with E-state index in [-0.39, 0.29) is 29.9 Å². The summed E-state index contributed by atoms with van der Waals surface area (Å²) >= 11 is 0. The van der Waals surface area contributed by atoms with Crippen molar-refractivity contribution in [2.75, 3.05) is 26.2 Å². The van der Waals surface area contributed by atoms with Crippen LogP contribution in [0, 0.1) is 11.8 Å². The Morgan fingerprint density at radius 1 is 0.970 bits per heavy atom. The van der Waals surface area contributed by atoms with Gasteiger partial charge in [0.2, 0.25) is 5.91 Å². The molecule has 1 unspecified atom stereocenters. The van der Waals surface area contributed by atoms with Crippen LogP contribution in [-0.2, 0) is 4.79 Å². The smallest absolute Gasteiger partial charge is 0.256 e. The minimum absolute atomic E-state index is 0.0545. The first kappa shape index (κ1) is 22.3. The van der Waals surface area contributed by atoms with Gasteiger partial charge >= 0.3 is 0 Å². The molecule has 5 rings (SSSR count). The summed E-state index contributed by atoms with van der Waals surface area (Å²) in [4.78, 5) is 39.6. The van der Waals surface area contributed by atoms with Crippen molar-refractivity contribution >= 4 is 22.6 Å². The van der Waals surface area contributed by atoms with Gasteiger partial charge in [-0.1, -0.05) is 0 Å². The molecule has 7 nitrogen and oxygen atoms in total. The second-order valence-electron chi connectivity index (χ2n) is 10.1. The first-order valence-corrected chi connectivity index (χ1v) is 12.5. The van der Waals surface area contributed by atoms with E-state index in [0.717, 1.165) is 88.2 Å². The topological polar surface area (TPSA) is 86.6 Å². The van der Waals surface area contributed by atoms with Gasteiger partial charge in [-0.25, -0.2) is 0 Å². The highest BCUT2D eigenvalue weighted by molar-refractivity contribution is 6.06. The molecule has 1 atom stereocenters.